The molecule has 9 nitrogen and oxygen atoms in total. The molecule has 177 valence electrons. The number of hydrogen-bond acceptors (Lipinski definition) is 6. The standard InChI is InChI=1S/C22H31N3O6S.Na/c1-22(2)18(21(30)31)25-20(32-22)17(19(29)23-12-8-4-7-11-16(27)28)24-15(26)13-14-9-5-3-6-10-14;/h3,5-6,9-10,17-18,20,25H,4,7-8,11-13H2,1-2H3,(H,23,29)(H,24,26)(H,27,28)(H,30,31);/t17-,18+,20-;/m1./s1. The average molecular weight is 489 g/mol. The molecular formula is C22H31N3NaO6S. The van der Waals surface area contributed by atoms with Crippen LogP contribution in [0.5, 0.6) is 0 Å². The molecule has 1 aliphatic rings. The molecule has 0 spiro atoms. The predicted molar refractivity (Wildman–Crippen MR) is 127 cm³/mol. The Kier molecular flexibility index (Phi) is 12.5. The largest absolute Gasteiger partial charge is 0.481 e. The maximum absolute atomic E-state index is 12.9. The Morgan fingerprint density at radius 1 is 1.09 bits per heavy atom. The Bertz CT molecular complexity index is 824. The van der Waals surface area contributed by atoms with Crippen LogP contribution in [0.2, 0.25) is 0 Å². The molecule has 0 aliphatic carbocycles. The molecule has 1 aromatic carbocycles. The van der Waals surface area contributed by atoms with Crippen LogP contribution in [0.25, 0.3) is 0 Å². The minimum absolute atomic E-state index is 0. The molecule has 1 radical (unpaired) electrons. The van der Waals surface area contributed by atoms with E-state index in [1.54, 1.807) is 13.8 Å². The number of carbonyl (C=O) groups is 4. The Morgan fingerprint density at radius 2 is 1.76 bits per heavy atom. The topological polar surface area (TPSA) is 145 Å². The fraction of sp³-hybridized carbons (Fsp3) is 0.545. The molecule has 1 fully saturated rings. The van der Waals surface area contributed by atoms with Gasteiger partial charge in [0, 0.05) is 47.3 Å². The summed E-state index contributed by atoms with van der Waals surface area (Å²) in [5, 5.41) is 26.1. The molecule has 33 heavy (non-hydrogen) atoms. The van der Waals surface area contributed by atoms with E-state index in [0.717, 1.165) is 5.56 Å². The number of carboxylic acids is 2. The smallest absolute Gasteiger partial charge is 0.322 e. The quantitative estimate of drug-likeness (QED) is 0.216. The van der Waals surface area contributed by atoms with E-state index in [1.165, 1.54) is 11.8 Å². The predicted octanol–water partition coefficient (Wildman–Crippen LogP) is 0.989. The van der Waals surface area contributed by atoms with Crippen LogP contribution in [-0.2, 0) is 25.6 Å². The molecule has 2 rings (SSSR count). The third-order valence-corrected chi connectivity index (χ3v) is 6.69. The molecular weight excluding hydrogens is 457 g/mol. The number of amides is 2. The molecule has 0 bridgehead atoms. The van der Waals surface area contributed by atoms with Crippen LogP contribution in [0.1, 0.15) is 45.1 Å². The maximum Gasteiger partial charge on any atom is 0.322 e. The van der Waals surface area contributed by atoms with Gasteiger partial charge >= 0.3 is 11.9 Å². The molecule has 3 atom stereocenters. The number of hydrogen-bond donors (Lipinski definition) is 5. The van der Waals surface area contributed by atoms with Gasteiger partial charge in [0.2, 0.25) is 11.8 Å². The Hall–Kier alpha value is -1.59. The summed E-state index contributed by atoms with van der Waals surface area (Å²) in [5.74, 6) is -2.61. The van der Waals surface area contributed by atoms with Crippen molar-refractivity contribution in [3.05, 3.63) is 35.9 Å². The fourth-order valence-electron chi connectivity index (χ4n) is 3.51. The summed E-state index contributed by atoms with van der Waals surface area (Å²) in [6.45, 7) is 3.91. The molecule has 5 N–H and O–H groups in total. The van der Waals surface area contributed by atoms with Gasteiger partial charge in [-0.1, -0.05) is 36.8 Å². The minimum atomic E-state index is -1.02. The number of carboxylic acid groups (broad SMARTS) is 2. The van der Waals surface area contributed by atoms with Crippen molar-refractivity contribution in [3.63, 3.8) is 0 Å². The van der Waals surface area contributed by atoms with Crippen LogP contribution in [0.4, 0.5) is 0 Å². The summed E-state index contributed by atoms with van der Waals surface area (Å²) in [7, 11) is 0. The normalized spacial score (nSPS) is 19.7. The first-order valence-corrected chi connectivity index (χ1v) is 11.5. The van der Waals surface area contributed by atoms with Gasteiger partial charge in [0.15, 0.2) is 0 Å². The molecule has 1 aliphatic heterocycles. The summed E-state index contributed by atoms with van der Waals surface area (Å²) in [6, 6.07) is 7.31. The first-order chi connectivity index (χ1) is 15.1. The molecule has 0 saturated carbocycles. The van der Waals surface area contributed by atoms with Crippen LogP contribution >= 0.6 is 11.8 Å². The zero-order valence-electron chi connectivity index (χ0n) is 19.3. The van der Waals surface area contributed by atoms with E-state index < -0.39 is 40.1 Å². The van der Waals surface area contributed by atoms with Crippen molar-refractivity contribution in [2.75, 3.05) is 6.54 Å². The monoisotopic (exact) mass is 488 g/mol. The summed E-state index contributed by atoms with van der Waals surface area (Å²) in [6.07, 6.45) is 1.97. The SMILES string of the molecule is CC1(C)S[C@H]([C@H](NC(=O)Cc2ccccc2)C(=O)NCCCCCC(=O)O)N[C@H]1C(=O)O.[Na]. The molecule has 2 amide bonds. The van der Waals surface area contributed by atoms with E-state index in [4.69, 9.17) is 5.11 Å². The second-order valence-corrected chi connectivity index (χ2v) is 10.1. The summed E-state index contributed by atoms with van der Waals surface area (Å²) in [5.41, 5.74) is 0.804. The number of benzene rings is 1. The van der Waals surface area contributed by atoms with Gasteiger partial charge in [-0.15, -0.1) is 11.8 Å². The van der Waals surface area contributed by atoms with Crippen molar-refractivity contribution in [2.45, 2.75) is 68.2 Å². The summed E-state index contributed by atoms with van der Waals surface area (Å²) >= 11 is 1.31. The van der Waals surface area contributed by atoms with Gasteiger partial charge < -0.3 is 20.8 Å². The summed E-state index contributed by atoms with van der Waals surface area (Å²) in [4.78, 5) is 47.8. The van der Waals surface area contributed by atoms with Crippen molar-refractivity contribution < 1.29 is 29.4 Å². The summed E-state index contributed by atoms with van der Waals surface area (Å²) < 4.78 is -0.671. The fourth-order valence-corrected chi connectivity index (χ4v) is 5.00. The first kappa shape index (κ1) is 29.4. The van der Waals surface area contributed by atoms with E-state index in [-0.39, 0.29) is 48.3 Å². The van der Waals surface area contributed by atoms with Crippen molar-refractivity contribution in [1.29, 1.82) is 0 Å². The van der Waals surface area contributed by atoms with Gasteiger partial charge in [0.1, 0.15) is 12.1 Å². The number of carbonyl (C=O) groups excluding carboxylic acids is 2. The average Bonchev–Trinajstić information content (AvgIpc) is 3.04. The van der Waals surface area contributed by atoms with E-state index in [0.29, 0.717) is 25.8 Å². The van der Waals surface area contributed by atoms with Gasteiger partial charge in [0.25, 0.3) is 0 Å². The van der Waals surface area contributed by atoms with Crippen molar-refractivity contribution in [2.24, 2.45) is 0 Å². The molecule has 11 heteroatoms. The maximum atomic E-state index is 12.9. The second-order valence-electron chi connectivity index (χ2n) is 8.28. The molecule has 0 unspecified atom stereocenters. The van der Waals surface area contributed by atoms with Crippen LogP contribution in [0.3, 0.4) is 0 Å². The van der Waals surface area contributed by atoms with Gasteiger partial charge in [-0.3, -0.25) is 24.5 Å². The van der Waals surface area contributed by atoms with Crippen molar-refractivity contribution in [3.8, 4) is 0 Å². The zero-order chi connectivity index (χ0) is 23.7. The third kappa shape index (κ3) is 9.66. The van der Waals surface area contributed by atoms with Gasteiger partial charge in [0.05, 0.1) is 11.8 Å². The minimum Gasteiger partial charge on any atom is -0.481 e. The zero-order valence-corrected chi connectivity index (χ0v) is 22.1. The molecule has 1 aromatic rings. The second kappa shape index (κ2) is 14.0. The third-order valence-electron chi connectivity index (χ3n) is 5.18. The Balaban J connectivity index is 0.00000544. The van der Waals surface area contributed by atoms with Gasteiger partial charge in [-0.05, 0) is 32.3 Å². The van der Waals surface area contributed by atoms with Crippen molar-refractivity contribution >= 4 is 65.1 Å². The first-order valence-electron chi connectivity index (χ1n) is 10.6. The number of rotatable bonds is 12. The number of unbranched alkanes of at least 4 members (excludes halogenated alkanes) is 2. The van der Waals surface area contributed by atoms with Crippen LogP contribution in [-0.4, -0.2) is 92.3 Å². The van der Waals surface area contributed by atoms with Gasteiger partial charge in [-0.2, -0.15) is 0 Å². The molecule has 1 heterocycles. The van der Waals surface area contributed by atoms with Crippen LogP contribution in [0.15, 0.2) is 30.3 Å². The van der Waals surface area contributed by atoms with Gasteiger partial charge in [-0.25, -0.2) is 0 Å². The van der Waals surface area contributed by atoms with Crippen LogP contribution in [0, 0.1) is 0 Å². The number of nitrogens with one attached hydrogen (secondary N) is 3. The van der Waals surface area contributed by atoms with E-state index in [1.807, 2.05) is 30.3 Å². The Morgan fingerprint density at radius 3 is 2.33 bits per heavy atom. The number of thioether (sulfide) groups is 1. The van der Waals surface area contributed by atoms with Crippen LogP contribution < -0.4 is 16.0 Å². The Labute approximate surface area is 220 Å². The van der Waals surface area contributed by atoms with E-state index >= 15 is 0 Å². The van der Waals surface area contributed by atoms with E-state index in [9.17, 15) is 24.3 Å². The van der Waals surface area contributed by atoms with Crippen molar-refractivity contribution in [1.82, 2.24) is 16.0 Å². The van der Waals surface area contributed by atoms with E-state index in [2.05, 4.69) is 16.0 Å². The molecule has 0 aromatic heterocycles. The molecule has 1 saturated heterocycles. The number of aliphatic carboxylic acids is 2.